The second-order valence-corrected chi connectivity index (χ2v) is 5.54. The van der Waals surface area contributed by atoms with Crippen LogP contribution >= 0.6 is 23.2 Å². The van der Waals surface area contributed by atoms with Gasteiger partial charge in [-0.15, -0.1) is 11.6 Å². The first-order valence-electron chi connectivity index (χ1n) is 6.03. The Morgan fingerprint density at radius 1 is 1.50 bits per heavy atom. The Hall–Kier alpha value is -0.800. The highest BCUT2D eigenvalue weighted by Crippen LogP contribution is 2.41. The van der Waals surface area contributed by atoms with Gasteiger partial charge in [-0.1, -0.05) is 11.6 Å². The van der Waals surface area contributed by atoms with Gasteiger partial charge in [0.15, 0.2) is 0 Å². The maximum atomic E-state index is 13.5. The van der Waals surface area contributed by atoms with Crippen molar-refractivity contribution in [3.8, 4) is 0 Å². The van der Waals surface area contributed by atoms with Crippen molar-refractivity contribution in [1.82, 2.24) is 9.55 Å². The molecule has 1 heterocycles. The summed E-state index contributed by atoms with van der Waals surface area (Å²) >= 11 is 11.8. The zero-order valence-electron chi connectivity index (χ0n) is 9.96. The van der Waals surface area contributed by atoms with E-state index in [0.29, 0.717) is 23.4 Å². The van der Waals surface area contributed by atoms with Crippen molar-refractivity contribution in [2.24, 2.45) is 5.92 Å². The smallest absolute Gasteiger partial charge is 0.144 e. The summed E-state index contributed by atoms with van der Waals surface area (Å²) < 4.78 is 15.6. The second kappa shape index (κ2) is 4.39. The lowest BCUT2D eigenvalue weighted by Gasteiger charge is -2.16. The van der Waals surface area contributed by atoms with Crippen LogP contribution in [0.3, 0.4) is 0 Å². The van der Waals surface area contributed by atoms with Crippen LogP contribution in [0.5, 0.6) is 0 Å². The first-order valence-corrected chi connectivity index (χ1v) is 6.95. The number of rotatable bonds is 3. The summed E-state index contributed by atoms with van der Waals surface area (Å²) in [7, 11) is 0. The number of benzene rings is 1. The van der Waals surface area contributed by atoms with E-state index in [1.54, 1.807) is 6.07 Å². The number of fused-ring (bicyclic) bond motifs is 1. The van der Waals surface area contributed by atoms with Gasteiger partial charge >= 0.3 is 0 Å². The van der Waals surface area contributed by atoms with Crippen LogP contribution in [-0.2, 0) is 5.88 Å². The highest BCUT2D eigenvalue weighted by Gasteiger charge is 2.31. The molecule has 2 aromatic rings. The van der Waals surface area contributed by atoms with Crippen molar-refractivity contribution in [1.29, 1.82) is 0 Å². The Kier molecular flexibility index (Phi) is 2.99. The average molecular weight is 287 g/mol. The van der Waals surface area contributed by atoms with Crippen molar-refractivity contribution in [3.63, 3.8) is 0 Å². The van der Waals surface area contributed by atoms with Gasteiger partial charge in [-0.05, 0) is 31.7 Å². The molecular weight excluding hydrogens is 274 g/mol. The van der Waals surface area contributed by atoms with Crippen molar-refractivity contribution in [3.05, 3.63) is 28.8 Å². The predicted molar refractivity (Wildman–Crippen MR) is 71.7 cm³/mol. The van der Waals surface area contributed by atoms with E-state index in [9.17, 15) is 4.39 Å². The molecule has 1 fully saturated rings. The molecule has 0 spiro atoms. The summed E-state index contributed by atoms with van der Waals surface area (Å²) in [5, 5.41) is 0.132. The standard InChI is InChI=1S/C13H13Cl2FN2/c1-7(8-2-3-8)18-12-4-9(15)10(16)5-11(12)17-13(18)6-14/h4-5,7-8H,2-3,6H2,1H3. The summed E-state index contributed by atoms with van der Waals surface area (Å²) in [6.45, 7) is 2.16. The normalized spacial score (nSPS) is 17.3. The molecule has 18 heavy (non-hydrogen) atoms. The molecule has 1 saturated carbocycles. The highest BCUT2D eigenvalue weighted by atomic mass is 35.5. The largest absolute Gasteiger partial charge is 0.324 e. The summed E-state index contributed by atoms with van der Waals surface area (Å²) in [6, 6.07) is 3.36. The Morgan fingerprint density at radius 2 is 2.22 bits per heavy atom. The molecular formula is C13H13Cl2FN2. The topological polar surface area (TPSA) is 17.8 Å². The van der Waals surface area contributed by atoms with Gasteiger partial charge in [0.2, 0.25) is 0 Å². The molecule has 3 rings (SSSR count). The first kappa shape index (κ1) is 12.2. The maximum absolute atomic E-state index is 13.5. The van der Waals surface area contributed by atoms with Crippen LogP contribution < -0.4 is 0 Å². The van der Waals surface area contributed by atoms with Crippen LogP contribution in [0.15, 0.2) is 12.1 Å². The van der Waals surface area contributed by atoms with Gasteiger partial charge in [0.05, 0.1) is 21.9 Å². The van der Waals surface area contributed by atoms with E-state index in [0.717, 1.165) is 11.3 Å². The molecule has 1 unspecified atom stereocenters. The minimum atomic E-state index is -0.436. The maximum Gasteiger partial charge on any atom is 0.144 e. The van der Waals surface area contributed by atoms with E-state index < -0.39 is 5.82 Å². The minimum Gasteiger partial charge on any atom is -0.324 e. The molecule has 0 aliphatic heterocycles. The molecule has 1 aromatic heterocycles. The molecule has 5 heteroatoms. The number of hydrogen-bond donors (Lipinski definition) is 0. The molecule has 0 bridgehead atoms. The van der Waals surface area contributed by atoms with Crippen molar-refractivity contribution in [2.75, 3.05) is 0 Å². The van der Waals surface area contributed by atoms with Gasteiger partial charge in [0.25, 0.3) is 0 Å². The first-order chi connectivity index (χ1) is 8.61. The molecule has 1 aromatic carbocycles. The van der Waals surface area contributed by atoms with Crippen LogP contribution in [0.4, 0.5) is 4.39 Å². The zero-order chi connectivity index (χ0) is 12.9. The summed E-state index contributed by atoms with van der Waals surface area (Å²) in [5.74, 6) is 1.35. The van der Waals surface area contributed by atoms with E-state index in [2.05, 4.69) is 16.5 Å². The molecule has 0 N–H and O–H groups in total. The fraction of sp³-hybridized carbons (Fsp3) is 0.462. The van der Waals surface area contributed by atoms with Crippen LogP contribution in [0.25, 0.3) is 11.0 Å². The van der Waals surface area contributed by atoms with Gasteiger partial charge in [-0.2, -0.15) is 0 Å². The van der Waals surface area contributed by atoms with Gasteiger partial charge in [-0.25, -0.2) is 9.37 Å². The monoisotopic (exact) mass is 286 g/mol. The average Bonchev–Trinajstić information content (AvgIpc) is 3.12. The van der Waals surface area contributed by atoms with E-state index >= 15 is 0 Å². The lowest BCUT2D eigenvalue weighted by atomic mass is 10.2. The quantitative estimate of drug-likeness (QED) is 0.758. The third-order valence-corrected chi connectivity index (χ3v) is 4.16. The Bertz CT molecular complexity index is 605. The lowest BCUT2D eigenvalue weighted by Crippen LogP contribution is -2.10. The number of aromatic nitrogens is 2. The molecule has 0 saturated heterocycles. The van der Waals surface area contributed by atoms with E-state index in [1.165, 1.54) is 18.9 Å². The number of nitrogens with zero attached hydrogens (tertiary/aromatic N) is 2. The minimum absolute atomic E-state index is 0.132. The summed E-state index contributed by atoms with van der Waals surface area (Å²) in [5.41, 5.74) is 1.50. The van der Waals surface area contributed by atoms with Crippen molar-refractivity contribution >= 4 is 34.2 Å². The van der Waals surface area contributed by atoms with Crippen molar-refractivity contribution in [2.45, 2.75) is 31.7 Å². The second-order valence-electron chi connectivity index (χ2n) is 4.86. The van der Waals surface area contributed by atoms with Gasteiger partial charge in [-0.3, -0.25) is 0 Å². The summed E-state index contributed by atoms with van der Waals surface area (Å²) in [4.78, 5) is 4.40. The molecule has 2 nitrogen and oxygen atoms in total. The zero-order valence-corrected chi connectivity index (χ0v) is 11.5. The SMILES string of the molecule is CC(C1CC1)n1c(CCl)nc2cc(F)c(Cl)cc21. The highest BCUT2D eigenvalue weighted by molar-refractivity contribution is 6.31. The molecule has 96 valence electrons. The predicted octanol–water partition coefficient (Wildman–Crippen LogP) is 4.54. The number of hydrogen-bond acceptors (Lipinski definition) is 1. The van der Waals surface area contributed by atoms with Crippen LogP contribution in [-0.4, -0.2) is 9.55 Å². The van der Waals surface area contributed by atoms with Crippen molar-refractivity contribution < 1.29 is 4.39 Å². The molecule has 1 aliphatic carbocycles. The molecule has 1 aliphatic rings. The fourth-order valence-electron chi connectivity index (χ4n) is 2.48. The van der Waals surface area contributed by atoms with E-state index in [-0.39, 0.29) is 5.02 Å². The third kappa shape index (κ3) is 1.90. The third-order valence-electron chi connectivity index (χ3n) is 3.64. The van der Waals surface area contributed by atoms with E-state index in [4.69, 9.17) is 23.2 Å². The van der Waals surface area contributed by atoms with Gasteiger partial charge in [0, 0.05) is 12.1 Å². The fourth-order valence-corrected chi connectivity index (χ4v) is 2.82. The van der Waals surface area contributed by atoms with Crippen LogP contribution in [0, 0.1) is 11.7 Å². The van der Waals surface area contributed by atoms with Crippen LogP contribution in [0.2, 0.25) is 5.02 Å². The Morgan fingerprint density at radius 3 is 2.83 bits per heavy atom. The summed E-state index contributed by atoms with van der Waals surface area (Å²) in [6.07, 6.45) is 2.47. The van der Waals surface area contributed by atoms with E-state index in [1.807, 2.05) is 0 Å². The number of halogens is 3. The molecule has 1 atom stereocenters. The van der Waals surface area contributed by atoms with Gasteiger partial charge < -0.3 is 4.57 Å². The Balaban J connectivity index is 2.22. The lowest BCUT2D eigenvalue weighted by molar-refractivity contribution is 0.485. The van der Waals surface area contributed by atoms with Crippen LogP contribution in [0.1, 0.15) is 31.6 Å². The Labute approximate surface area is 115 Å². The number of alkyl halides is 1. The van der Waals surface area contributed by atoms with Gasteiger partial charge in [0.1, 0.15) is 11.6 Å². The molecule has 0 amide bonds. The number of imidazole rings is 1. The molecule has 0 radical (unpaired) electrons.